The maximum absolute atomic E-state index is 10.5. The molecule has 0 spiro atoms. The highest BCUT2D eigenvalue weighted by molar-refractivity contribution is 5.85. The number of hydrogen-bond acceptors (Lipinski definition) is 2. The molecule has 0 aliphatic carbocycles. The van der Waals surface area contributed by atoms with Gasteiger partial charge in [-0.1, -0.05) is 26.8 Å². The zero-order valence-corrected chi connectivity index (χ0v) is 13.6. The van der Waals surface area contributed by atoms with E-state index in [0.717, 1.165) is 35.4 Å². The summed E-state index contributed by atoms with van der Waals surface area (Å²) in [6.45, 7) is 6.39. The monoisotopic (exact) mass is 297 g/mol. The molecular formula is C18H23N3O. The first-order valence-electron chi connectivity index (χ1n) is 7.92. The molecule has 0 aliphatic heterocycles. The molecular weight excluding hydrogens is 274 g/mol. The maximum Gasteiger partial charge on any atom is 0.155 e. The van der Waals surface area contributed by atoms with Gasteiger partial charge in [0.05, 0.1) is 11.2 Å². The van der Waals surface area contributed by atoms with Gasteiger partial charge in [-0.05, 0) is 42.0 Å². The molecule has 22 heavy (non-hydrogen) atoms. The highest BCUT2D eigenvalue weighted by Crippen LogP contribution is 2.35. The van der Waals surface area contributed by atoms with Gasteiger partial charge in [0, 0.05) is 13.2 Å². The summed E-state index contributed by atoms with van der Waals surface area (Å²) >= 11 is 0. The van der Waals surface area contributed by atoms with E-state index in [2.05, 4.69) is 47.6 Å². The first kappa shape index (κ1) is 14.7. The molecule has 1 atom stereocenters. The number of nitrogens with zero attached hydrogens (tertiary/aromatic N) is 2. The van der Waals surface area contributed by atoms with E-state index in [1.807, 2.05) is 19.2 Å². The summed E-state index contributed by atoms with van der Waals surface area (Å²) in [5.74, 6) is 1.43. The Morgan fingerprint density at radius 2 is 2.09 bits per heavy atom. The van der Waals surface area contributed by atoms with Crippen LogP contribution in [0, 0.1) is 0 Å². The third kappa shape index (κ3) is 2.28. The number of fused-ring (bicyclic) bond motifs is 1. The number of hydrogen-bond donors (Lipinski definition) is 2. The lowest BCUT2D eigenvalue weighted by Gasteiger charge is -2.10. The van der Waals surface area contributed by atoms with E-state index in [-0.39, 0.29) is 0 Å². The van der Waals surface area contributed by atoms with Gasteiger partial charge in [-0.2, -0.15) is 0 Å². The second-order valence-electron chi connectivity index (χ2n) is 5.99. The Balaban J connectivity index is 2.13. The van der Waals surface area contributed by atoms with Gasteiger partial charge in [0.25, 0.3) is 0 Å². The second kappa shape index (κ2) is 5.52. The Hall–Kier alpha value is -2.23. The summed E-state index contributed by atoms with van der Waals surface area (Å²) in [5, 5.41) is 10.5. The SMILES string of the molecule is CCc1cc(-c2nc3c(O)c(C(C)CC)ccc3[nH]2)n(C)c1. The van der Waals surface area contributed by atoms with Gasteiger partial charge in [-0.15, -0.1) is 0 Å². The average molecular weight is 297 g/mol. The van der Waals surface area contributed by atoms with E-state index in [0.29, 0.717) is 17.2 Å². The van der Waals surface area contributed by atoms with E-state index < -0.39 is 0 Å². The van der Waals surface area contributed by atoms with Crippen LogP contribution in [-0.4, -0.2) is 19.6 Å². The molecule has 0 saturated carbocycles. The molecule has 0 aliphatic rings. The van der Waals surface area contributed by atoms with Gasteiger partial charge in [-0.25, -0.2) is 4.98 Å². The average Bonchev–Trinajstić information content (AvgIpc) is 3.10. The largest absolute Gasteiger partial charge is 0.505 e. The number of phenolic OH excluding ortho intramolecular Hbond substituents is 1. The molecule has 3 rings (SSSR count). The molecule has 0 fully saturated rings. The molecule has 2 heterocycles. The Morgan fingerprint density at radius 1 is 1.32 bits per heavy atom. The van der Waals surface area contributed by atoms with Crippen LogP contribution >= 0.6 is 0 Å². The van der Waals surface area contributed by atoms with Gasteiger partial charge >= 0.3 is 0 Å². The summed E-state index contributed by atoms with van der Waals surface area (Å²) in [5.41, 5.74) is 4.82. The third-order valence-corrected chi connectivity index (χ3v) is 4.51. The molecule has 0 bridgehead atoms. The van der Waals surface area contributed by atoms with Crippen molar-refractivity contribution in [2.45, 2.75) is 39.5 Å². The first-order chi connectivity index (χ1) is 10.5. The first-order valence-corrected chi connectivity index (χ1v) is 7.92. The molecule has 3 aromatic rings. The molecule has 2 aromatic heterocycles. The number of aromatic amines is 1. The minimum Gasteiger partial charge on any atom is -0.505 e. The summed E-state index contributed by atoms with van der Waals surface area (Å²) in [4.78, 5) is 7.97. The fourth-order valence-corrected chi connectivity index (χ4v) is 2.88. The molecule has 116 valence electrons. The third-order valence-electron chi connectivity index (χ3n) is 4.51. The van der Waals surface area contributed by atoms with Crippen LogP contribution in [0.3, 0.4) is 0 Å². The minimum absolute atomic E-state index is 0.305. The van der Waals surface area contributed by atoms with Gasteiger partial charge in [-0.3, -0.25) is 0 Å². The number of imidazole rings is 1. The Morgan fingerprint density at radius 3 is 2.73 bits per heavy atom. The van der Waals surface area contributed by atoms with E-state index >= 15 is 0 Å². The number of rotatable bonds is 4. The molecule has 0 saturated heterocycles. The Bertz CT molecular complexity index is 813. The molecule has 4 heteroatoms. The van der Waals surface area contributed by atoms with Crippen molar-refractivity contribution in [3.8, 4) is 17.3 Å². The number of H-pyrrole nitrogens is 1. The zero-order valence-electron chi connectivity index (χ0n) is 13.6. The van der Waals surface area contributed by atoms with Crippen LogP contribution < -0.4 is 0 Å². The lowest BCUT2D eigenvalue weighted by molar-refractivity contribution is 0.467. The van der Waals surface area contributed by atoms with Crippen LogP contribution in [0.5, 0.6) is 5.75 Å². The van der Waals surface area contributed by atoms with Crippen molar-refractivity contribution in [2.75, 3.05) is 0 Å². The zero-order chi connectivity index (χ0) is 15.9. The number of nitrogens with one attached hydrogen (secondary N) is 1. The standard InChI is InChI=1S/C18H23N3O/c1-5-11(3)13-7-8-14-16(17(13)22)20-18(19-14)15-9-12(6-2)10-21(15)4/h7-11,22H,5-6H2,1-4H3,(H,19,20). The van der Waals surface area contributed by atoms with Crippen molar-refractivity contribution in [3.05, 3.63) is 35.5 Å². The number of aryl methyl sites for hydroxylation is 2. The fraction of sp³-hybridized carbons (Fsp3) is 0.389. The molecule has 4 nitrogen and oxygen atoms in total. The van der Waals surface area contributed by atoms with E-state index in [4.69, 9.17) is 0 Å². The van der Waals surface area contributed by atoms with E-state index in [1.54, 1.807) is 0 Å². The predicted molar refractivity (Wildman–Crippen MR) is 90.2 cm³/mol. The number of aromatic hydroxyl groups is 1. The summed E-state index contributed by atoms with van der Waals surface area (Å²) in [6.07, 6.45) is 4.11. The minimum atomic E-state index is 0.305. The van der Waals surface area contributed by atoms with Crippen molar-refractivity contribution in [3.63, 3.8) is 0 Å². The number of aromatic nitrogens is 3. The highest BCUT2D eigenvalue weighted by atomic mass is 16.3. The van der Waals surface area contributed by atoms with Crippen molar-refractivity contribution in [2.24, 2.45) is 7.05 Å². The van der Waals surface area contributed by atoms with Gasteiger partial charge in [0.2, 0.25) is 0 Å². The highest BCUT2D eigenvalue weighted by Gasteiger charge is 2.16. The van der Waals surface area contributed by atoms with E-state index in [9.17, 15) is 5.11 Å². The Kier molecular flexibility index (Phi) is 3.69. The molecule has 1 unspecified atom stereocenters. The number of phenols is 1. The van der Waals surface area contributed by atoms with Crippen LogP contribution in [0.15, 0.2) is 24.4 Å². The molecule has 1 aromatic carbocycles. The topological polar surface area (TPSA) is 53.8 Å². The van der Waals surface area contributed by atoms with Crippen LogP contribution in [0.4, 0.5) is 0 Å². The quantitative estimate of drug-likeness (QED) is 0.752. The van der Waals surface area contributed by atoms with Gasteiger partial charge in [0.15, 0.2) is 5.82 Å². The van der Waals surface area contributed by atoms with Crippen molar-refractivity contribution >= 4 is 11.0 Å². The lowest BCUT2D eigenvalue weighted by atomic mass is 9.97. The summed E-state index contributed by atoms with van der Waals surface area (Å²) < 4.78 is 2.07. The smallest absolute Gasteiger partial charge is 0.155 e. The molecule has 0 radical (unpaired) electrons. The molecule has 0 amide bonds. The van der Waals surface area contributed by atoms with Crippen LogP contribution in [-0.2, 0) is 13.5 Å². The lowest BCUT2D eigenvalue weighted by Crippen LogP contribution is -1.92. The number of benzene rings is 1. The van der Waals surface area contributed by atoms with E-state index in [1.165, 1.54) is 5.56 Å². The fourth-order valence-electron chi connectivity index (χ4n) is 2.88. The maximum atomic E-state index is 10.5. The second-order valence-corrected chi connectivity index (χ2v) is 5.99. The van der Waals surface area contributed by atoms with Crippen molar-refractivity contribution < 1.29 is 5.11 Å². The predicted octanol–water partition coefficient (Wildman–Crippen LogP) is 4.35. The summed E-state index contributed by atoms with van der Waals surface area (Å²) in [6, 6.07) is 6.15. The van der Waals surface area contributed by atoms with Crippen LogP contribution in [0.1, 0.15) is 44.2 Å². The summed E-state index contributed by atoms with van der Waals surface area (Å²) in [7, 11) is 2.02. The van der Waals surface area contributed by atoms with Crippen LogP contribution in [0.25, 0.3) is 22.6 Å². The molecule has 2 N–H and O–H groups in total. The van der Waals surface area contributed by atoms with Crippen LogP contribution in [0.2, 0.25) is 0 Å². The van der Waals surface area contributed by atoms with Crippen molar-refractivity contribution in [1.82, 2.24) is 14.5 Å². The van der Waals surface area contributed by atoms with Gasteiger partial charge in [0.1, 0.15) is 11.3 Å². The Labute approximate surface area is 130 Å². The van der Waals surface area contributed by atoms with Gasteiger partial charge < -0.3 is 14.7 Å². The van der Waals surface area contributed by atoms with Crippen molar-refractivity contribution in [1.29, 1.82) is 0 Å². The normalized spacial score (nSPS) is 12.9.